The predicted octanol–water partition coefficient (Wildman–Crippen LogP) is 0.501. The van der Waals surface area contributed by atoms with Gasteiger partial charge in [-0.05, 0) is 30.7 Å². The van der Waals surface area contributed by atoms with Crippen LogP contribution >= 0.6 is 0 Å². The van der Waals surface area contributed by atoms with E-state index in [0.29, 0.717) is 18.5 Å². The zero-order valence-electron chi connectivity index (χ0n) is 11.6. The van der Waals surface area contributed by atoms with E-state index in [4.69, 9.17) is 0 Å². The first-order chi connectivity index (χ1) is 9.95. The van der Waals surface area contributed by atoms with E-state index in [0.717, 1.165) is 0 Å². The third-order valence-corrected chi connectivity index (χ3v) is 3.18. The summed E-state index contributed by atoms with van der Waals surface area (Å²) in [6.07, 6.45) is 0.771. The number of anilines is 1. The number of nitrogens with one attached hydrogen (secondary N) is 2. The first kappa shape index (κ1) is 15.0. The molecule has 0 aliphatic carbocycles. The lowest BCUT2D eigenvalue weighted by Crippen LogP contribution is -2.45. The SMILES string of the molecule is CN(CC(=O)Nc1ccc(F)cc1)C(=O)[C@H]1CCC(=O)N1. The summed E-state index contributed by atoms with van der Waals surface area (Å²) < 4.78 is 12.7. The molecule has 2 N–H and O–H groups in total. The van der Waals surface area contributed by atoms with Gasteiger partial charge in [-0.25, -0.2) is 4.39 Å². The first-order valence-corrected chi connectivity index (χ1v) is 6.55. The van der Waals surface area contributed by atoms with Gasteiger partial charge in [0.25, 0.3) is 0 Å². The van der Waals surface area contributed by atoms with E-state index in [9.17, 15) is 18.8 Å². The number of carbonyl (C=O) groups is 3. The molecular weight excluding hydrogens is 277 g/mol. The van der Waals surface area contributed by atoms with Gasteiger partial charge in [0.15, 0.2) is 0 Å². The number of likely N-dealkylation sites (N-methyl/N-ethyl adjacent to an activating group) is 1. The summed E-state index contributed by atoms with van der Waals surface area (Å²) in [6, 6.07) is 4.79. The van der Waals surface area contributed by atoms with Crippen LogP contribution in [0.1, 0.15) is 12.8 Å². The minimum absolute atomic E-state index is 0.136. The summed E-state index contributed by atoms with van der Waals surface area (Å²) in [5.41, 5.74) is 0.455. The van der Waals surface area contributed by atoms with E-state index < -0.39 is 11.9 Å². The van der Waals surface area contributed by atoms with Crippen molar-refractivity contribution in [3.05, 3.63) is 30.1 Å². The Balaban J connectivity index is 1.85. The number of nitrogens with zero attached hydrogens (tertiary/aromatic N) is 1. The fourth-order valence-electron chi connectivity index (χ4n) is 2.09. The summed E-state index contributed by atoms with van der Waals surface area (Å²) >= 11 is 0. The Kier molecular flexibility index (Phi) is 4.52. The molecule has 0 saturated carbocycles. The maximum absolute atomic E-state index is 12.7. The highest BCUT2D eigenvalue weighted by Gasteiger charge is 2.29. The molecule has 1 aliphatic rings. The quantitative estimate of drug-likeness (QED) is 0.848. The Hall–Kier alpha value is -2.44. The molecule has 21 heavy (non-hydrogen) atoms. The Morgan fingerprint density at radius 3 is 2.62 bits per heavy atom. The second kappa shape index (κ2) is 6.34. The second-order valence-corrected chi connectivity index (χ2v) is 4.91. The Labute approximate surface area is 121 Å². The molecule has 0 aromatic heterocycles. The lowest BCUT2D eigenvalue weighted by Gasteiger charge is -2.20. The van der Waals surface area contributed by atoms with Crippen LogP contribution in [0.15, 0.2) is 24.3 Å². The van der Waals surface area contributed by atoms with Crippen LogP contribution in [0.5, 0.6) is 0 Å². The number of carbonyl (C=O) groups excluding carboxylic acids is 3. The van der Waals surface area contributed by atoms with Crippen LogP contribution in [0.3, 0.4) is 0 Å². The summed E-state index contributed by atoms with van der Waals surface area (Å²) in [5, 5.41) is 5.13. The highest BCUT2D eigenvalue weighted by atomic mass is 19.1. The first-order valence-electron chi connectivity index (χ1n) is 6.55. The van der Waals surface area contributed by atoms with Crippen LogP contribution in [0.2, 0.25) is 0 Å². The van der Waals surface area contributed by atoms with Crippen molar-refractivity contribution in [2.75, 3.05) is 18.9 Å². The van der Waals surface area contributed by atoms with E-state index in [1.54, 1.807) is 0 Å². The molecule has 1 saturated heterocycles. The zero-order valence-corrected chi connectivity index (χ0v) is 11.6. The molecule has 1 aliphatic heterocycles. The molecule has 1 atom stereocenters. The van der Waals surface area contributed by atoms with Crippen molar-refractivity contribution in [2.24, 2.45) is 0 Å². The van der Waals surface area contributed by atoms with Crippen molar-refractivity contribution >= 4 is 23.4 Å². The predicted molar refractivity (Wildman–Crippen MR) is 73.8 cm³/mol. The molecule has 112 valence electrons. The maximum Gasteiger partial charge on any atom is 0.245 e. The molecule has 0 spiro atoms. The average molecular weight is 293 g/mol. The summed E-state index contributed by atoms with van der Waals surface area (Å²) in [7, 11) is 1.50. The zero-order chi connectivity index (χ0) is 15.4. The third kappa shape index (κ3) is 4.01. The molecule has 2 rings (SSSR count). The van der Waals surface area contributed by atoms with Crippen LogP contribution in [-0.4, -0.2) is 42.3 Å². The highest BCUT2D eigenvalue weighted by molar-refractivity contribution is 5.96. The van der Waals surface area contributed by atoms with Crippen molar-refractivity contribution < 1.29 is 18.8 Å². The molecule has 1 heterocycles. The van der Waals surface area contributed by atoms with Crippen LogP contribution in [0.25, 0.3) is 0 Å². The number of halogens is 1. The molecule has 1 fully saturated rings. The lowest BCUT2D eigenvalue weighted by molar-refractivity contribution is -0.135. The summed E-state index contributed by atoms with van der Waals surface area (Å²) in [5.74, 6) is -1.23. The molecule has 1 aromatic rings. The molecule has 1 aromatic carbocycles. The van der Waals surface area contributed by atoms with Crippen molar-refractivity contribution in [1.82, 2.24) is 10.2 Å². The minimum Gasteiger partial charge on any atom is -0.344 e. The molecule has 6 nitrogen and oxygen atoms in total. The van der Waals surface area contributed by atoms with Crippen LogP contribution < -0.4 is 10.6 Å². The lowest BCUT2D eigenvalue weighted by atomic mass is 10.2. The van der Waals surface area contributed by atoms with Gasteiger partial charge in [-0.2, -0.15) is 0 Å². The number of amides is 3. The standard InChI is InChI=1S/C14H16FN3O3/c1-18(14(21)11-6-7-12(19)17-11)8-13(20)16-10-4-2-9(15)3-5-10/h2-5,11H,6-8H2,1H3,(H,16,20)(H,17,19)/t11-/m1/s1. The van der Waals surface area contributed by atoms with E-state index in [2.05, 4.69) is 10.6 Å². The Bertz CT molecular complexity index is 559. The van der Waals surface area contributed by atoms with E-state index in [1.165, 1.54) is 36.2 Å². The van der Waals surface area contributed by atoms with E-state index >= 15 is 0 Å². The van der Waals surface area contributed by atoms with Gasteiger partial charge >= 0.3 is 0 Å². The van der Waals surface area contributed by atoms with Gasteiger partial charge in [-0.1, -0.05) is 0 Å². The topological polar surface area (TPSA) is 78.5 Å². The molecule has 0 radical (unpaired) electrons. The summed E-state index contributed by atoms with van der Waals surface area (Å²) in [4.78, 5) is 36.1. The number of hydrogen-bond donors (Lipinski definition) is 2. The molecule has 3 amide bonds. The number of hydrogen-bond acceptors (Lipinski definition) is 3. The number of benzene rings is 1. The van der Waals surface area contributed by atoms with Crippen molar-refractivity contribution in [2.45, 2.75) is 18.9 Å². The summed E-state index contributed by atoms with van der Waals surface area (Å²) in [6.45, 7) is -0.136. The third-order valence-electron chi connectivity index (χ3n) is 3.18. The number of rotatable bonds is 4. The Morgan fingerprint density at radius 1 is 1.38 bits per heavy atom. The van der Waals surface area contributed by atoms with Crippen LogP contribution in [-0.2, 0) is 14.4 Å². The van der Waals surface area contributed by atoms with Crippen LogP contribution in [0.4, 0.5) is 10.1 Å². The Morgan fingerprint density at radius 2 is 2.05 bits per heavy atom. The van der Waals surface area contributed by atoms with Gasteiger partial charge in [0.2, 0.25) is 17.7 Å². The average Bonchev–Trinajstić information content (AvgIpc) is 2.87. The van der Waals surface area contributed by atoms with E-state index in [1.807, 2.05) is 0 Å². The van der Waals surface area contributed by atoms with Gasteiger partial charge in [0, 0.05) is 19.2 Å². The van der Waals surface area contributed by atoms with Gasteiger partial charge in [-0.3, -0.25) is 14.4 Å². The van der Waals surface area contributed by atoms with Gasteiger partial charge < -0.3 is 15.5 Å². The monoisotopic (exact) mass is 293 g/mol. The normalized spacial score (nSPS) is 17.2. The smallest absolute Gasteiger partial charge is 0.245 e. The van der Waals surface area contributed by atoms with E-state index in [-0.39, 0.29) is 24.3 Å². The fourth-order valence-corrected chi connectivity index (χ4v) is 2.09. The molecule has 0 unspecified atom stereocenters. The fraction of sp³-hybridized carbons (Fsp3) is 0.357. The van der Waals surface area contributed by atoms with Gasteiger partial charge in [0.05, 0.1) is 6.54 Å². The minimum atomic E-state index is -0.555. The molecule has 7 heteroatoms. The van der Waals surface area contributed by atoms with Crippen molar-refractivity contribution in [1.29, 1.82) is 0 Å². The van der Waals surface area contributed by atoms with Crippen LogP contribution in [0, 0.1) is 5.82 Å². The van der Waals surface area contributed by atoms with Gasteiger partial charge in [0.1, 0.15) is 11.9 Å². The highest BCUT2D eigenvalue weighted by Crippen LogP contribution is 2.10. The molecular formula is C14H16FN3O3. The second-order valence-electron chi connectivity index (χ2n) is 4.91. The van der Waals surface area contributed by atoms with Crippen molar-refractivity contribution in [3.63, 3.8) is 0 Å². The largest absolute Gasteiger partial charge is 0.344 e. The van der Waals surface area contributed by atoms with Gasteiger partial charge in [-0.15, -0.1) is 0 Å². The van der Waals surface area contributed by atoms with Crippen molar-refractivity contribution in [3.8, 4) is 0 Å². The molecule has 0 bridgehead atoms. The maximum atomic E-state index is 12.7.